The van der Waals surface area contributed by atoms with Gasteiger partial charge in [0.1, 0.15) is 0 Å². The van der Waals surface area contributed by atoms with Gasteiger partial charge in [-0.2, -0.15) is 23.0 Å². The molecule has 0 unspecified atom stereocenters. The van der Waals surface area contributed by atoms with Gasteiger partial charge >= 0.3 is 11.4 Å². The van der Waals surface area contributed by atoms with Crippen LogP contribution in [0.2, 0.25) is 5.02 Å². The molecule has 0 fully saturated rings. The van der Waals surface area contributed by atoms with Crippen molar-refractivity contribution in [3.8, 4) is 11.1 Å². The molecule has 1 heterocycles. The normalized spacial score (nSPS) is 12.3. The molecule has 0 aliphatic carbocycles. The highest BCUT2D eigenvalue weighted by atomic mass is 35.5. The fourth-order valence-corrected chi connectivity index (χ4v) is 2.91. The predicted molar refractivity (Wildman–Crippen MR) is 98.4 cm³/mol. The van der Waals surface area contributed by atoms with E-state index in [-0.39, 0.29) is 23.5 Å². The molecular weight excluding hydrogens is 389 g/mol. The standard InChI is InChI=1S/C16H16ClF3N4OS/c1-9(2)13-12(10-3-5-11(17)6-4-10)14(22-8-21)24(23-13)15(25)26-7-16(18,19)20/h3-6,8-9H,7H2,1-2H3,(H2,21,22). The topological polar surface area (TPSA) is 73.3 Å². The summed E-state index contributed by atoms with van der Waals surface area (Å²) in [5.41, 5.74) is 7.11. The molecule has 0 aliphatic heterocycles. The summed E-state index contributed by atoms with van der Waals surface area (Å²) < 4.78 is 38.2. The highest BCUT2D eigenvalue weighted by Gasteiger charge is 2.31. The van der Waals surface area contributed by atoms with Crippen molar-refractivity contribution in [1.82, 2.24) is 9.78 Å². The molecular formula is C16H16ClF3N4OS. The summed E-state index contributed by atoms with van der Waals surface area (Å²) in [6.45, 7) is 3.71. The summed E-state index contributed by atoms with van der Waals surface area (Å²) >= 11 is 6.02. The molecule has 0 saturated heterocycles. The Hall–Kier alpha value is -2.00. The van der Waals surface area contributed by atoms with Gasteiger partial charge in [-0.05, 0) is 23.6 Å². The van der Waals surface area contributed by atoms with Gasteiger partial charge in [0.05, 0.1) is 23.3 Å². The molecule has 140 valence electrons. The second-order valence-corrected chi connectivity index (χ2v) is 6.97. The minimum Gasteiger partial charge on any atom is -0.390 e. The molecule has 0 radical (unpaired) electrons. The van der Waals surface area contributed by atoms with E-state index in [1.807, 2.05) is 13.8 Å². The third kappa shape index (κ3) is 4.79. The Bertz CT molecular complexity index is 816. The van der Waals surface area contributed by atoms with Gasteiger partial charge in [-0.3, -0.25) is 4.79 Å². The average molecular weight is 405 g/mol. The molecule has 0 atom stereocenters. The van der Waals surface area contributed by atoms with E-state index in [1.165, 1.54) is 0 Å². The van der Waals surface area contributed by atoms with E-state index in [2.05, 4.69) is 10.1 Å². The molecule has 2 N–H and O–H groups in total. The largest absolute Gasteiger partial charge is 0.398 e. The number of alkyl halides is 3. The van der Waals surface area contributed by atoms with E-state index >= 15 is 0 Å². The summed E-state index contributed by atoms with van der Waals surface area (Å²) in [5.74, 6) is -1.34. The number of carbonyl (C=O) groups excluding carboxylic acids is 1. The van der Waals surface area contributed by atoms with Crippen LogP contribution < -0.4 is 5.73 Å². The maximum atomic E-state index is 12.4. The van der Waals surface area contributed by atoms with Crippen molar-refractivity contribution in [2.45, 2.75) is 25.9 Å². The molecule has 10 heteroatoms. The quantitative estimate of drug-likeness (QED) is 0.560. The van der Waals surface area contributed by atoms with E-state index in [1.54, 1.807) is 24.3 Å². The Balaban J connectivity index is 2.57. The van der Waals surface area contributed by atoms with Gasteiger partial charge in [0.2, 0.25) is 0 Å². The molecule has 1 aromatic heterocycles. The van der Waals surface area contributed by atoms with Gasteiger partial charge < -0.3 is 5.73 Å². The number of nitrogens with zero attached hydrogens (tertiary/aromatic N) is 3. The number of hydrogen-bond acceptors (Lipinski definition) is 4. The zero-order valence-electron chi connectivity index (χ0n) is 13.9. The van der Waals surface area contributed by atoms with E-state index in [0.29, 0.717) is 21.8 Å². The molecule has 0 bridgehead atoms. The SMILES string of the molecule is CC(C)c1nn(C(=O)SCC(F)(F)F)c(/N=C\N)c1-c1ccc(Cl)cc1. The number of rotatable bonds is 4. The smallest absolute Gasteiger partial charge is 0.390 e. The van der Waals surface area contributed by atoms with Crippen LogP contribution in [-0.4, -0.2) is 33.3 Å². The molecule has 0 aliphatic rings. The summed E-state index contributed by atoms with van der Waals surface area (Å²) in [6.07, 6.45) is -3.50. The molecule has 0 spiro atoms. The first-order valence-corrected chi connectivity index (χ1v) is 8.87. The van der Waals surface area contributed by atoms with Crippen LogP contribution >= 0.6 is 23.4 Å². The van der Waals surface area contributed by atoms with Crippen LogP contribution in [-0.2, 0) is 0 Å². The first-order chi connectivity index (χ1) is 12.1. The molecule has 2 rings (SSSR count). The van der Waals surface area contributed by atoms with Crippen LogP contribution in [0.4, 0.5) is 23.8 Å². The molecule has 1 aromatic carbocycles. The monoisotopic (exact) mass is 404 g/mol. The first kappa shape index (κ1) is 20.3. The van der Waals surface area contributed by atoms with E-state index in [0.717, 1.165) is 11.0 Å². The van der Waals surface area contributed by atoms with Crippen LogP contribution in [0.5, 0.6) is 0 Å². The Morgan fingerprint density at radius 1 is 1.38 bits per heavy atom. The van der Waals surface area contributed by atoms with Crippen molar-refractivity contribution >= 4 is 40.8 Å². The van der Waals surface area contributed by atoms with E-state index in [4.69, 9.17) is 17.3 Å². The van der Waals surface area contributed by atoms with Gasteiger partial charge in [-0.15, -0.1) is 0 Å². The lowest BCUT2D eigenvalue weighted by Gasteiger charge is -2.07. The Labute approximate surface area is 157 Å². The number of carbonyl (C=O) groups is 1. The third-order valence-corrected chi connectivity index (χ3v) is 4.44. The van der Waals surface area contributed by atoms with Crippen molar-refractivity contribution in [3.05, 3.63) is 35.0 Å². The van der Waals surface area contributed by atoms with Gasteiger partial charge in [0.15, 0.2) is 5.82 Å². The van der Waals surface area contributed by atoms with Crippen molar-refractivity contribution in [3.63, 3.8) is 0 Å². The van der Waals surface area contributed by atoms with Gasteiger partial charge in [-0.25, -0.2) is 4.99 Å². The van der Waals surface area contributed by atoms with Crippen molar-refractivity contribution in [2.75, 3.05) is 5.75 Å². The van der Waals surface area contributed by atoms with Crippen molar-refractivity contribution in [1.29, 1.82) is 0 Å². The number of benzene rings is 1. The summed E-state index contributed by atoms with van der Waals surface area (Å²) in [5, 5.41) is 3.84. The van der Waals surface area contributed by atoms with Crippen LogP contribution in [0.15, 0.2) is 29.3 Å². The maximum Gasteiger partial charge on any atom is 0.398 e. The average Bonchev–Trinajstić information content (AvgIpc) is 2.93. The maximum absolute atomic E-state index is 12.4. The van der Waals surface area contributed by atoms with E-state index < -0.39 is 17.2 Å². The zero-order valence-corrected chi connectivity index (χ0v) is 15.5. The lowest BCUT2D eigenvalue weighted by Crippen LogP contribution is -2.16. The number of thioether (sulfide) groups is 1. The second-order valence-electron chi connectivity index (χ2n) is 5.61. The Morgan fingerprint density at radius 3 is 2.50 bits per heavy atom. The molecule has 0 amide bonds. The fraction of sp³-hybridized carbons (Fsp3) is 0.312. The predicted octanol–water partition coefficient (Wildman–Crippen LogP) is 5.21. The minimum absolute atomic E-state index is 0.0817. The Kier molecular flexibility index (Phi) is 6.35. The van der Waals surface area contributed by atoms with Crippen LogP contribution in [0.25, 0.3) is 11.1 Å². The third-order valence-electron chi connectivity index (χ3n) is 3.30. The minimum atomic E-state index is -4.47. The second kappa shape index (κ2) is 8.13. The molecule has 26 heavy (non-hydrogen) atoms. The number of aromatic nitrogens is 2. The zero-order chi connectivity index (χ0) is 19.5. The molecule has 5 nitrogen and oxygen atoms in total. The van der Waals surface area contributed by atoms with Crippen LogP contribution in [0.1, 0.15) is 25.5 Å². The fourth-order valence-electron chi connectivity index (χ4n) is 2.25. The van der Waals surface area contributed by atoms with Crippen molar-refractivity contribution in [2.24, 2.45) is 10.7 Å². The number of hydrogen-bond donors (Lipinski definition) is 1. The lowest BCUT2D eigenvalue weighted by molar-refractivity contribution is -0.105. The van der Waals surface area contributed by atoms with E-state index in [9.17, 15) is 18.0 Å². The van der Waals surface area contributed by atoms with Crippen molar-refractivity contribution < 1.29 is 18.0 Å². The van der Waals surface area contributed by atoms with Gasteiger partial charge in [-0.1, -0.05) is 49.3 Å². The summed E-state index contributed by atoms with van der Waals surface area (Å²) in [6, 6.07) is 6.76. The Morgan fingerprint density at radius 2 is 2.00 bits per heavy atom. The first-order valence-electron chi connectivity index (χ1n) is 7.51. The lowest BCUT2D eigenvalue weighted by atomic mass is 9.99. The number of nitrogens with two attached hydrogens (primary N) is 1. The van der Waals surface area contributed by atoms with Crippen LogP contribution in [0.3, 0.4) is 0 Å². The molecule has 0 saturated carbocycles. The molecule has 2 aromatic rings. The highest BCUT2D eigenvalue weighted by Crippen LogP contribution is 2.38. The summed E-state index contributed by atoms with van der Waals surface area (Å²) in [7, 11) is 0. The van der Waals surface area contributed by atoms with Gasteiger partial charge in [0, 0.05) is 5.02 Å². The highest BCUT2D eigenvalue weighted by molar-refractivity contribution is 8.13. The van der Waals surface area contributed by atoms with Gasteiger partial charge in [0.25, 0.3) is 0 Å². The van der Waals surface area contributed by atoms with Crippen LogP contribution in [0, 0.1) is 0 Å². The number of halogens is 4. The number of aliphatic imine (C=N–C) groups is 1. The summed E-state index contributed by atoms with van der Waals surface area (Å²) in [4.78, 5) is 16.3.